The van der Waals surface area contributed by atoms with Crippen molar-refractivity contribution in [1.82, 2.24) is 9.97 Å². The van der Waals surface area contributed by atoms with Crippen LogP contribution in [0.4, 0.5) is 5.69 Å². The highest BCUT2D eigenvalue weighted by Crippen LogP contribution is 2.35. The molecule has 1 heterocycles. The number of hydrogen-bond acceptors (Lipinski definition) is 4. The number of hydrogen-bond donors (Lipinski definition) is 1. The Kier molecular flexibility index (Phi) is 3.56. The lowest BCUT2D eigenvalue weighted by molar-refractivity contribution is -0.384. The van der Waals surface area contributed by atoms with Crippen molar-refractivity contribution in [2.45, 2.75) is 0 Å². The van der Waals surface area contributed by atoms with E-state index in [1.54, 1.807) is 24.3 Å². The molecule has 0 radical (unpaired) electrons. The normalized spacial score (nSPS) is 10.8. The van der Waals surface area contributed by atoms with Gasteiger partial charge in [0, 0.05) is 6.07 Å². The lowest BCUT2D eigenvalue weighted by Gasteiger charge is -2.06. The van der Waals surface area contributed by atoms with Crippen molar-refractivity contribution in [3.63, 3.8) is 0 Å². The number of nitro benzene ring substituents is 1. The van der Waals surface area contributed by atoms with Crippen molar-refractivity contribution in [3.8, 4) is 11.4 Å². The molecular weight excluding hydrogens is 329 g/mol. The van der Waals surface area contributed by atoms with Crippen molar-refractivity contribution in [2.24, 2.45) is 0 Å². The number of fused-ring (bicyclic) bond motifs is 1. The second kappa shape index (κ2) is 5.40. The number of nitro groups is 1. The maximum Gasteiger partial charge on any atom is 0.281 e. The quantitative estimate of drug-likeness (QED) is 0.569. The van der Waals surface area contributed by atoms with Crippen molar-refractivity contribution in [2.75, 3.05) is 0 Å². The first-order valence-corrected chi connectivity index (χ1v) is 6.86. The Morgan fingerprint density at radius 3 is 2.55 bits per heavy atom. The first kappa shape index (κ1) is 14.5. The zero-order valence-electron chi connectivity index (χ0n) is 10.8. The number of para-hydroxylation sites is 1. The average Bonchev–Trinajstić information content (AvgIpc) is 2.49. The van der Waals surface area contributed by atoms with Gasteiger partial charge in [0.1, 0.15) is 5.82 Å². The summed E-state index contributed by atoms with van der Waals surface area (Å²) < 4.78 is 0. The van der Waals surface area contributed by atoms with Crippen LogP contribution in [0.2, 0.25) is 10.0 Å². The Hall–Kier alpha value is -2.44. The van der Waals surface area contributed by atoms with E-state index in [0.717, 1.165) is 6.07 Å². The molecule has 0 fully saturated rings. The van der Waals surface area contributed by atoms with Crippen LogP contribution in [0.15, 0.2) is 41.2 Å². The molecule has 3 rings (SSSR count). The largest absolute Gasteiger partial charge is 0.306 e. The van der Waals surface area contributed by atoms with Crippen LogP contribution in [0, 0.1) is 10.1 Å². The fourth-order valence-electron chi connectivity index (χ4n) is 2.09. The van der Waals surface area contributed by atoms with Gasteiger partial charge in [0.05, 0.1) is 31.4 Å². The minimum atomic E-state index is -0.604. The number of nitrogens with one attached hydrogen (secondary N) is 1. The fraction of sp³-hybridized carbons (Fsp3) is 0. The van der Waals surface area contributed by atoms with Gasteiger partial charge in [0.25, 0.3) is 11.2 Å². The van der Waals surface area contributed by atoms with Crippen LogP contribution >= 0.6 is 23.2 Å². The molecule has 0 aliphatic carbocycles. The van der Waals surface area contributed by atoms with Crippen molar-refractivity contribution in [3.05, 3.63) is 66.9 Å². The Morgan fingerprint density at radius 1 is 1.14 bits per heavy atom. The lowest BCUT2D eigenvalue weighted by atomic mass is 10.1. The second-order valence-corrected chi connectivity index (χ2v) is 5.29. The SMILES string of the molecule is O=c1[nH]c(-c2cc(Cl)c(Cl)cc2[N+](=O)[O-])nc2ccccc12. The van der Waals surface area contributed by atoms with Gasteiger partial charge in [-0.25, -0.2) is 4.98 Å². The van der Waals surface area contributed by atoms with E-state index in [4.69, 9.17) is 23.2 Å². The zero-order valence-corrected chi connectivity index (χ0v) is 12.4. The molecule has 0 unspecified atom stereocenters. The lowest BCUT2D eigenvalue weighted by Crippen LogP contribution is -2.10. The number of H-pyrrole nitrogens is 1. The predicted octanol–water partition coefficient (Wildman–Crippen LogP) is 3.81. The summed E-state index contributed by atoms with van der Waals surface area (Å²) >= 11 is 11.7. The Labute approximate surface area is 133 Å². The van der Waals surface area contributed by atoms with Crippen LogP contribution in [-0.2, 0) is 0 Å². The summed E-state index contributed by atoms with van der Waals surface area (Å²) in [5.41, 5.74) is -0.141. The molecule has 0 aliphatic heterocycles. The van der Waals surface area contributed by atoms with Crippen LogP contribution in [0.5, 0.6) is 0 Å². The predicted molar refractivity (Wildman–Crippen MR) is 84.5 cm³/mol. The molecule has 2 aromatic carbocycles. The van der Waals surface area contributed by atoms with Gasteiger partial charge >= 0.3 is 0 Å². The van der Waals surface area contributed by atoms with Crippen LogP contribution in [0.1, 0.15) is 0 Å². The molecule has 0 amide bonds. The molecule has 8 heteroatoms. The molecule has 0 saturated carbocycles. The van der Waals surface area contributed by atoms with Crippen LogP contribution in [-0.4, -0.2) is 14.9 Å². The summed E-state index contributed by atoms with van der Waals surface area (Å²) in [4.78, 5) is 29.5. The highest BCUT2D eigenvalue weighted by atomic mass is 35.5. The van der Waals surface area contributed by atoms with E-state index in [-0.39, 0.29) is 32.7 Å². The molecule has 0 atom stereocenters. The van der Waals surface area contributed by atoms with E-state index in [0.29, 0.717) is 10.9 Å². The summed E-state index contributed by atoms with van der Waals surface area (Å²) in [5.74, 6) is 0.0639. The van der Waals surface area contributed by atoms with Gasteiger partial charge in [0.15, 0.2) is 0 Å². The second-order valence-electron chi connectivity index (χ2n) is 4.47. The number of aromatic nitrogens is 2. The Morgan fingerprint density at radius 2 is 1.82 bits per heavy atom. The Balaban J connectivity index is 2.34. The van der Waals surface area contributed by atoms with E-state index < -0.39 is 4.92 Å². The summed E-state index contributed by atoms with van der Waals surface area (Å²) in [7, 11) is 0. The molecule has 1 aromatic heterocycles. The summed E-state index contributed by atoms with van der Waals surface area (Å²) in [5, 5.41) is 11.8. The standard InChI is InChI=1S/C14H7Cl2N3O3/c15-9-5-8(12(19(21)22)6-10(9)16)13-17-11-4-2-1-3-7(11)14(20)18-13/h1-6H,(H,17,18,20). The highest BCUT2D eigenvalue weighted by molar-refractivity contribution is 6.42. The molecule has 6 nitrogen and oxygen atoms in total. The number of halogens is 2. The van der Waals surface area contributed by atoms with Gasteiger partial charge in [-0.1, -0.05) is 35.3 Å². The van der Waals surface area contributed by atoms with Gasteiger partial charge in [-0.2, -0.15) is 0 Å². The van der Waals surface area contributed by atoms with Crippen LogP contribution in [0.25, 0.3) is 22.3 Å². The summed E-state index contributed by atoms with van der Waals surface area (Å²) in [6.45, 7) is 0. The summed E-state index contributed by atoms with van der Waals surface area (Å²) in [6, 6.07) is 9.15. The number of nitrogens with zero attached hydrogens (tertiary/aromatic N) is 2. The molecular formula is C14H7Cl2N3O3. The van der Waals surface area contributed by atoms with Gasteiger partial charge in [-0.15, -0.1) is 0 Å². The van der Waals surface area contributed by atoms with E-state index >= 15 is 0 Å². The average molecular weight is 336 g/mol. The van der Waals surface area contributed by atoms with Gasteiger partial charge in [-0.05, 0) is 18.2 Å². The van der Waals surface area contributed by atoms with E-state index in [9.17, 15) is 14.9 Å². The van der Waals surface area contributed by atoms with Crippen molar-refractivity contribution >= 4 is 39.8 Å². The monoisotopic (exact) mass is 335 g/mol. The molecule has 0 aliphatic rings. The van der Waals surface area contributed by atoms with E-state index in [1.165, 1.54) is 6.07 Å². The number of rotatable bonds is 2. The molecule has 0 spiro atoms. The van der Waals surface area contributed by atoms with E-state index in [2.05, 4.69) is 9.97 Å². The fourth-order valence-corrected chi connectivity index (χ4v) is 2.41. The maximum atomic E-state index is 12.1. The third-order valence-corrected chi connectivity index (χ3v) is 3.83. The summed E-state index contributed by atoms with van der Waals surface area (Å²) in [6.07, 6.45) is 0. The highest BCUT2D eigenvalue weighted by Gasteiger charge is 2.20. The molecule has 0 saturated heterocycles. The van der Waals surface area contributed by atoms with Crippen LogP contribution < -0.4 is 5.56 Å². The van der Waals surface area contributed by atoms with Crippen molar-refractivity contribution < 1.29 is 4.92 Å². The van der Waals surface area contributed by atoms with Crippen LogP contribution in [0.3, 0.4) is 0 Å². The third kappa shape index (κ3) is 2.43. The number of aromatic amines is 1. The minimum absolute atomic E-state index is 0.0558. The first-order chi connectivity index (χ1) is 10.5. The zero-order chi connectivity index (χ0) is 15.9. The molecule has 3 aromatic rings. The third-order valence-electron chi connectivity index (χ3n) is 3.10. The molecule has 0 bridgehead atoms. The van der Waals surface area contributed by atoms with Crippen molar-refractivity contribution in [1.29, 1.82) is 0 Å². The first-order valence-electron chi connectivity index (χ1n) is 6.10. The molecule has 110 valence electrons. The maximum absolute atomic E-state index is 12.1. The number of benzene rings is 2. The Bertz CT molecular complexity index is 969. The van der Waals surface area contributed by atoms with Gasteiger partial charge in [0.2, 0.25) is 0 Å². The molecule has 22 heavy (non-hydrogen) atoms. The topological polar surface area (TPSA) is 88.9 Å². The minimum Gasteiger partial charge on any atom is -0.306 e. The van der Waals surface area contributed by atoms with E-state index in [1.807, 2.05) is 0 Å². The smallest absolute Gasteiger partial charge is 0.281 e. The van der Waals surface area contributed by atoms with Gasteiger partial charge in [-0.3, -0.25) is 14.9 Å². The molecule has 1 N–H and O–H groups in total. The van der Waals surface area contributed by atoms with Gasteiger partial charge < -0.3 is 4.98 Å².